The lowest BCUT2D eigenvalue weighted by atomic mass is 9.96. The van der Waals surface area contributed by atoms with E-state index in [0.29, 0.717) is 37.5 Å². The van der Waals surface area contributed by atoms with Crippen molar-refractivity contribution in [2.45, 2.75) is 38.6 Å². The van der Waals surface area contributed by atoms with Gasteiger partial charge in [0.2, 0.25) is 11.8 Å². The number of carbonyl (C=O) groups is 3. The number of nitrogens with zero attached hydrogens (tertiary/aromatic N) is 2. The van der Waals surface area contributed by atoms with Gasteiger partial charge in [0.25, 0.3) is 0 Å². The molecule has 2 N–H and O–H groups in total. The molecular formula is C26H32N4O4. The fourth-order valence-electron chi connectivity index (χ4n) is 4.73. The zero-order valence-electron chi connectivity index (χ0n) is 19.8. The topological polar surface area (TPSA) is 91.0 Å². The molecule has 0 saturated carbocycles. The summed E-state index contributed by atoms with van der Waals surface area (Å²) in [4.78, 5) is 42.6. The maximum atomic E-state index is 13.4. The van der Waals surface area contributed by atoms with Gasteiger partial charge in [-0.05, 0) is 74.6 Å². The minimum Gasteiger partial charge on any atom is -0.497 e. The lowest BCUT2D eigenvalue weighted by Crippen LogP contribution is -2.51. The molecule has 2 aromatic carbocycles. The largest absolute Gasteiger partial charge is 0.497 e. The smallest absolute Gasteiger partial charge is 0.321 e. The number of aryl methyl sites for hydroxylation is 1. The van der Waals surface area contributed by atoms with Crippen molar-refractivity contribution in [1.82, 2.24) is 9.80 Å². The van der Waals surface area contributed by atoms with Gasteiger partial charge in [-0.25, -0.2) is 4.79 Å². The van der Waals surface area contributed by atoms with Crippen LogP contribution in [0.1, 0.15) is 31.2 Å². The lowest BCUT2D eigenvalue weighted by Gasteiger charge is -2.35. The van der Waals surface area contributed by atoms with Gasteiger partial charge in [0.05, 0.1) is 13.0 Å². The van der Waals surface area contributed by atoms with Crippen LogP contribution >= 0.6 is 0 Å². The van der Waals surface area contributed by atoms with E-state index >= 15 is 0 Å². The Morgan fingerprint density at radius 3 is 2.44 bits per heavy atom. The van der Waals surface area contributed by atoms with Crippen molar-refractivity contribution in [2.75, 3.05) is 37.4 Å². The van der Waals surface area contributed by atoms with E-state index in [-0.39, 0.29) is 23.8 Å². The van der Waals surface area contributed by atoms with E-state index in [4.69, 9.17) is 4.74 Å². The van der Waals surface area contributed by atoms with Gasteiger partial charge in [0.1, 0.15) is 11.8 Å². The minimum absolute atomic E-state index is 0.0413. The molecule has 2 fully saturated rings. The van der Waals surface area contributed by atoms with Crippen LogP contribution in [0.4, 0.5) is 16.2 Å². The number of benzene rings is 2. The van der Waals surface area contributed by atoms with Crippen LogP contribution in [0.3, 0.4) is 0 Å². The van der Waals surface area contributed by atoms with E-state index < -0.39 is 6.04 Å². The van der Waals surface area contributed by atoms with E-state index in [1.807, 2.05) is 31.2 Å². The number of hydrogen-bond donors (Lipinski definition) is 2. The van der Waals surface area contributed by atoms with Crippen molar-refractivity contribution in [2.24, 2.45) is 5.92 Å². The Bertz CT molecular complexity index is 1040. The number of hydrogen-bond acceptors (Lipinski definition) is 4. The summed E-state index contributed by atoms with van der Waals surface area (Å²) in [6.07, 6.45) is 2.90. The van der Waals surface area contributed by atoms with Crippen molar-refractivity contribution in [3.8, 4) is 5.75 Å². The van der Waals surface area contributed by atoms with Crippen molar-refractivity contribution >= 4 is 29.2 Å². The molecule has 2 aliphatic heterocycles. The first kappa shape index (κ1) is 23.6. The first-order valence-corrected chi connectivity index (χ1v) is 11.8. The number of urea groups is 1. The summed E-state index contributed by atoms with van der Waals surface area (Å²) in [5.41, 5.74) is 2.48. The number of ether oxygens (including phenoxy) is 1. The highest BCUT2D eigenvalue weighted by Crippen LogP contribution is 2.26. The molecule has 2 atom stereocenters. The van der Waals surface area contributed by atoms with Gasteiger partial charge in [0.15, 0.2) is 0 Å². The van der Waals surface area contributed by atoms with Gasteiger partial charge in [0, 0.05) is 31.0 Å². The van der Waals surface area contributed by atoms with Crippen LogP contribution < -0.4 is 15.4 Å². The van der Waals surface area contributed by atoms with Crippen molar-refractivity contribution in [3.05, 3.63) is 54.1 Å². The predicted molar refractivity (Wildman–Crippen MR) is 131 cm³/mol. The van der Waals surface area contributed by atoms with Gasteiger partial charge in [-0.15, -0.1) is 0 Å². The monoisotopic (exact) mass is 464 g/mol. The first-order valence-electron chi connectivity index (χ1n) is 11.8. The molecule has 0 radical (unpaired) electrons. The molecule has 0 aromatic heterocycles. The molecule has 8 heteroatoms. The Balaban J connectivity index is 1.36. The zero-order chi connectivity index (χ0) is 24.1. The van der Waals surface area contributed by atoms with Crippen LogP contribution in [0.25, 0.3) is 0 Å². The number of rotatable bonds is 5. The number of nitrogens with one attached hydrogen (secondary N) is 2. The van der Waals surface area contributed by atoms with Gasteiger partial charge in [-0.2, -0.15) is 0 Å². The third-order valence-corrected chi connectivity index (χ3v) is 6.52. The molecule has 34 heavy (non-hydrogen) atoms. The molecule has 0 bridgehead atoms. The minimum atomic E-state index is -0.494. The summed E-state index contributed by atoms with van der Waals surface area (Å²) in [7, 11) is 1.59. The van der Waals surface area contributed by atoms with Gasteiger partial charge in [-0.3, -0.25) is 9.59 Å². The first-order chi connectivity index (χ1) is 16.4. The second-order valence-electron chi connectivity index (χ2n) is 8.99. The number of carbonyl (C=O) groups excluding carboxylic acids is 3. The van der Waals surface area contributed by atoms with Crippen LogP contribution in [0, 0.1) is 12.8 Å². The normalized spacial score (nSPS) is 20.1. The molecule has 4 rings (SSSR count). The Hall–Kier alpha value is -3.55. The Kier molecular flexibility index (Phi) is 7.35. The third-order valence-electron chi connectivity index (χ3n) is 6.52. The molecule has 8 nitrogen and oxygen atoms in total. The maximum absolute atomic E-state index is 13.4. The van der Waals surface area contributed by atoms with Crippen molar-refractivity contribution < 1.29 is 19.1 Å². The second kappa shape index (κ2) is 10.6. The highest BCUT2D eigenvalue weighted by Gasteiger charge is 2.39. The number of methoxy groups -OCH3 is 1. The number of piperidine rings is 1. The van der Waals surface area contributed by atoms with Crippen molar-refractivity contribution in [1.29, 1.82) is 0 Å². The van der Waals surface area contributed by atoms with Crippen LogP contribution in [-0.4, -0.2) is 60.4 Å². The summed E-state index contributed by atoms with van der Waals surface area (Å²) in [5, 5.41) is 5.85. The van der Waals surface area contributed by atoms with Gasteiger partial charge >= 0.3 is 6.03 Å². The fourth-order valence-corrected chi connectivity index (χ4v) is 4.73. The van der Waals surface area contributed by atoms with Crippen LogP contribution in [0.2, 0.25) is 0 Å². The highest BCUT2D eigenvalue weighted by atomic mass is 16.5. The standard InChI is InChI=1S/C26H32N4O4/c1-18-6-3-8-21(16-18)28-26(33)29-14-4-7-19(17-29)25(32)30-15-5-9-23(30)24(31)27-20-10-12-22(34-2)13-11-20/h3,6,8,10-13,16,19,23H,4-5,7,9,14-15,17H2,1-2H3,(H,27,31)(H,28,33). The Morgan fingerprint density at radius 2 is 1.71 bits per heavy atom. The molecule has 2 saturated heterocycles. The highest BCUT2D eigenvalue weighted by molar-refractivity contribution is 5.98. The van der Waals surface area contributed by atoms with E-state index in [0.717, 1.165) is 30.5 Å². The molecule has 4 amide bonds. The second-order valence-corrected chi connectivity index (χ2v) is 8.99. The summed E-state index contributed by atoms with van der Waals surface area (Å²) in [6, 6.07) is 14.1. The number of anilines is 2. The van der Waals surface area contributed by atoms with Crippen molar-refractivity contribution in [3.63, 3.8) is 0 Å². The van der Waals surface area contributed by atoms with E-state index in [2.05, 4.69) is 10.6 Å². The fraction of sp³-hybridized carbons (Fsp3) is 0.423. The molecule has 0 spiro atoms. The summed E-state index contributed by atoms with van der Waals surface area (Å²) >= 11 is 0. The number of likely N-dealkylation sites (tertiary alicyclic amines) is 2. The van der Waals surface area contributed by atoms with Crippen LogP contribution in [0.15, 0.2) is 48.5 Å². The SMILES string of the molecule is COc1ccc(NC(=O)C2CCCN2C(=O)C2CCCN(C(=O)Nc3cccc(C)c3)C2)cc1. The molecule has 2 unspecified atom stereocenters. The van der Waals surface area contributed by atoms with Gasteiger partial charge in [-0.1, -0.05) is 12.1 Å². The summed E-state index contributed by atoms with van der Waals surface area (Å²) < 4.78 is 5.16. The average molecular weight is 465 g/mol. The average Bonchev–Trinajstić information content (AvgIpc) is 3.34. The van der Waals surface area contributed by atoms with Crippen LogP contribution in [0.5, 0.6) is 5.75 Å². The molecule has 0 aliphatic carbocycles. The predicted octanol–water partition coefficient (Wildman–Crippen LogP) is 3.88. The molecule has 2 heterocycles. The molecule has 2 aromatic rings. The molecular weight excluding hydrogens is 432 g/mol. The quantitative estimate of drug-likeness (QED) is 0.703. The Labute approximate surface area is 200 Å². The van der Waals surface area contributed by atoms with Crippen LogP contribution in [-0.2, 0) is 9.59 Å². The van der Waals surface area contributed by atoms with E-state index in [9.17, 15) is 14.4 Å². The van der Waals surface area contributed by atoms with Gasteiger partial charge < -0.3 is 25.2 Å². The summed E-state index contributed by atoms with van der Waals surface area (Å²) in [5.74, 6) is 0.191. The zero-order valence-corrected chi connectivity index (χ0v) is 19.8. The number of amides is 4. The van der Waals surface area contributed by atoms with E-state index in [1.165, 1.54) is 0 Å². The third kappa shape index (κ3) is 5.50. The Morgan fingerprint density at radius 1 is 0.941 bits per heavy atom. The lowest BCUT2D eigenvalue weighted by molar-refractivity contribution is -0.141. The van der Waals surface area contributed by atoms with E-state index in [1.54, 1.807) is 41.2 Å². The molecule has 2 aliphatic rings. The summed E-state index contributed by atoms with van der Waals surface area (Å²) in [6.45, 7) is 3.51. The molecule has 180 valence electrons. The maximum Gasteiger partial charge on any atom is 0.321 e.